The largest absolute Gasteiger partial charge is 0.324 e. The van der Waals surface area contributed by atoms with Crippen LogP contribution in [0.2, 0.25) is 0 Å². The summed E-state index contributed by atoms with van der Waals surface area (Å²) in [7, 11) is -3.82. The Morgan fingerprint density at radius 1 is 1.19 bits per heavy atom. The fourth-order valence-electron chi connectivity index (χ4n) is 2.60. The van der Waals surface area contributed by atoms with Gasteiger partial charge in [-0.05, 0) is 23.6 Å². The summed E-state index contributed by atoms with van der Waals surface area (Å²) in [6, 6.07) is 12.4. The lowest BCUT2D eigenvalue weighted by molar-refractivity contribution is -0.384. The second kappa shape index (κ2) is 8.17. The van der Waals surface area contributed by atoms with Gasteiger partial charge in [0.2, 0.25) is 15.9 Å². The van der Waals surface area contributed by atoms with Crippen molar-refractivity contribution >= 4 is 33.0 Å². The average Bonchev–Trinajstić information content (AvgIpc) is 2.59. The van der Waals surface area contributed by atoms with Crippen molar-refractivity contribution in [3.63, 3.8) is 0 Å². The van der Waals surface area contributed by atoms with Crippen molar-refractivity contribution in [2.75, 3.05) is 22.4 Å². The van der Waals surface area contributed by atoms with E-state index in [1.54, 1.807) is 12.1 Å². The van der Waals surface area contributed by atoms with Crippen molar-refractivity contribution in [2.24, 2.45) is 0 Å². The van der Waals surface area contributed by atoms with Gasteiger partial charge in [0.05, 0.1) is 16.9 Å². The molecule has 0 atom stereocenters. The molecule has 0 aromatic heterocycles. The van der Waals surface area contributed by atoms with Crippen molar-refractivity contribution in [3.8, 4) is 0 Å². The molecule has 0 spiro atoms. The van der Waals surface area contributed by atoms with Crippen LogP contribution < -0.4 is 9.62 Å². The molecule has 0 aliphatic carbocycles. The van der Waals surface area contributed by atoms with Gasteiger partial charge in [0, 0.05) is 17.8 Å². The molecular weight excluding hydrogens is 370 g/mol. The van der Waals surface area contributed by atoms with E-state index in [4.69, 9.17) is 0 Å². The molecule has 9 heteroatoms. The summed E-state index contributed by atoms with van der Waals surface area (Å²) in [5.74, 6) is -0.371. The maximum atomic E-state index is 12.5. The van der Waals surface area contributed by atoms with Gasteiger partial charge in [0.15, 0.2) is 0 Å². The standard InChI is InChI=1S/C18H21N3O5S/c1-13(2)16-9-4-5-10-17(16)19-18(22)12-20(27(3,25)26)14-7-6-8-15(11-14)21(23)24/h4-11,13H,12H2,1-3H3,(H,19,22). The third-order valence-electron chi connectivity index (χ3n) is 3.87. The van der Waals surface area contributed by atoms with E-state index in [1.165, 1.54) is 18.2 Å². The zero-order chi connectivity index (χ0) is 20.2. The summed E-state index contributed by atoms with van der Waals surface area (Å²) in [6.07, 6.45) is 0.946. The molecule has 0 unspecified atom stereocenters. The molecule has 0 heterocycles. The Hall–Kier alpha value is -2.94. The van der Waals surface area contributed by atoms with Gasteiger partial charge in [0.1, 0.15) is 6.54 Å². The van der Waals surface area contributed by atoms with Crippen LogP contribution in [0.1, 0.15) is 25.3 Å². The molecular formula is C18H21N3O5S. The molecule has 2 aromatic rings. The van der Waals surface area contributed by atoms with Crippen molar-refractivity contribution < 1.29 is 18.1 Å². The second-order valence-electron chi connectivity index (χ2n) is 6.34. The zero-order valence-corrected chi connectivity index (χ0v) is 16.1. The molecule has 0 aliphatic heterocycles. The van der Waals surface area contributed by atoms with Crippen molar-refractivity contribution in [1.29, 1.82) is 0 Å². The van der Waals surface area contributed by atoms with Crippen LogP contribution in [0.3, 0.4) is 0 Å². The van der Waals surface area contributed by atoms with Gasteiger partial charge in [-0.3, -0.25) is 19.2 Å². The minimum Gasteiger partial charge on any atom is -0.324 e. The molecule has 2 rings (SSSR count). The number of nitro groups is 1. The minimum atomic E-state index is -3.82. The predicted molar refractivity (Wildman–Crippen MR) is 104 cm³/mol. The molecule has 8 nitrogen and oxygen atoms in total. The van der Waals surface area contributed by atoms with Crippen LogP contribution in [0.25, 0.3) is 0 Å². The molecule has 0 saturated carbocycles. The highest BCUT2D eigenvalue weighted by atomic mass is 32.2. The second-order valence-corrected chi connectivity index (χ2v) is 8.24. The van der Waals surface area contributed by atoms with Crippen LogP contribution in [0, 0.1) is 10.1 Å². The van der Waals surface area contributed by atoms with Gasteiger partial charge in [0.25, 0.3) is 5.69 Å². The quantitative estimate of drug-likeness (QED) is 0.576. The number of nitrogens with one attached hydrogen (secondary N) is 1. The molecule has 1 amide bonds. The number of benzene rings is 2. The number of rotatable bonds is 7. The number of hydrogen-bond donors (Lipinski definition) is 1. The van der Waals surface area contributed by atoms with Crippen molar-refractivity contribution in [3.05, 3.63) is 64.2 Å². The first-order chi connectivity index (χ1) is 12.6. The van der Waals surface area contributed by atoms with E-state index < -0.39 is 27.4 Å². The van der Waals surface area contributed by atoms with Crippen LogP contribution in [0.15, 0.2) is 48.5 Å². The normalized spacial score (nSPS) is 11.3. The molecule has 0 fully saturated rings. The number of para-hydroxylation sites is 1. The van der Waals surface area contributed by atoms with E-state index in [1.807, 2.05) is 26.0 Å². The lowest BCUT2D eigenvalue weighted by Gasteiger charge is -2.22. The van der Waals surface area contributed by atoms with Crippen LogP contribution in [0.4, 0.5) is 17.1 Å². The maximum Gasteiger partial charge on any atom is 0.271 e. The average molecular weight is 391 g/mol. The summed E-state index contributed by atoms with van der Waals surface area (Å²) >= 11 is 0. The van der Waals surface area contributed by atoms with Gasteiger partial charge < -0.3 is 5.32 Å². The number of anilines is 2. The number of non-ortho nitro benzene ring substituents is 1. The minimum absolute atomic E-state index is 0.0546. The number of amides is 1. The highest BCUT2D eigenvalue weighted by Crippen LogP contribution is 2.25. The first kappa shape index (κ1) is 20.4. The molecule has 0 bridgehead atoms. The number of hydrogen-bond acceptors (Lipinski definition) is 5. The number of carbonyl (C=O) groups excluding carboxylic acids is 1. The molecule has 144 valence electrons. The molecule has 0 aliphatic rings. The zero-order valence-electron chi connectivity index (χ0n) is 15.2. The maximum absolute atomic E-state index is 12.5. The van der Waals surface area contributed by atoms with E-state index in [2.05, 4.69) is 5.32 Å². The van der Waals surface area contributed by atoms with Crippen LogP contribution in [0.5, 0.6) is 0 Å². The van der Waals surface area contributed by atoms with Gasteiger partial charge in [-0.2, -0.15) is 0 Å². The lowest BCUT2D eigenvalue weighted by Crippen LogP contribution is -2.37. The summed E-state index contributed by atoms with van der Waals surface area (Å²) in [6.45, 7) is 3.47. The predicted octanol–water partition coefficient (Wildman–Crippen LogP) is 3.12. The number of nitro benzene ring substituents is 1. The Morgan fingerprint density at radius 2 is 1.85 bits per heavy atom. The van der Waals surface area contributed by atoms with Crippen LogP contribution in [-0.4, -0.2) is 32.0 Å². The Kier molecular flexibility index (Phi) is 6.17. The molecule has 0 radical (unpaired) electrons. The first-order valence-corrected chi connectivity index (χ1v) is 10.1. The summed E-state index contributed by atoms with van der Waals surface area (Å²) in [4.78, 5) is 22.8. The Bertz CT molecular complexity index is 957. The summed E-state index contributed by atoms with van der Waals surface area (Å²) in [5.41, 5.74) is 1.32. The van der Waals surface area contributed by atoms with E-state index >= 15 is 0 Å². The summed E-state index contributed by atoms with van der Waals surface area (Å²) in [5, 5.41) is 13.7. The van der Waals surface area contributed by atoms with E-state index in [9.17, 15) is 23.3 Å². The topological polar surface area (TPSA) is 110 Å². The van der Waals surface area contributed by atoms with Gasteiger partial charge in [-0.25, -0.2) is 8.42 Å². The number of nitrogens with zero attached hydrogens (tertiary/aromatic N) is 2. The van der Waals surface area contributed by atoms with Crippen molar-refractivity contribution in [1.82, 2.24) is 0 Å². The SMILES string of the molecule is CC(C)c1ccccc1NC(=O)CN(c1cccc([N+](=O)[O-])c1)S(C)(=O)=O. The molecule has 1 N–H and O–H groups in total. The number of sulfonamides is 1. The summed E-state index contributed by atoms with van der Waals surface area (Å²) < 4.78 is 25.1. The Labute approximate surface area is 158 Å². The van der Waals surface area contributed by atoms with Crippen LogP contribution >= 0.6 is 0 Å². The van der Waals surface area contributed by atoms with E-state index in [0.717, 1.165) is 22.2 Å². The molecule has 2 aromatic carbocycles. The number of carbonyl (C=O) groups is 1. The van der Waals surface area contributed by atoms with Gasteiger partial charge in [-0.1, -0.05) is 38.1 Å². The fourth-order valence-corrected chi connectivity index (χ4v) is 3.44. The van der Waals surface area contributed by atoms with Gasteiger partial charge in [-0.15, -0.1) is 0 Å². The van der Waals surface area contributed by atoms with Gasteiger partial charge >= 0.3 is 0 Å². The van der Waals surface area contributed by atoms with Crippen molar-refractivity contribution in [2.45, 2.75) is 19.8 Å². The monoisotopic (exact) mass is 391 g/mol. The highest BCUT2D eigenvalue weighted by molar-refractivity contribution is 7.92. The third kappa shape index (κ3) is 5.27. The first-order valence-electron chi connectivity index (χ1n) is 8.20. The Morgan fingerprint density at radius 3 is 2.44 bits per heavy atom. The van der Waals surface area contributed by atoms with E-state index in [0.29, 0.717) is 5.69 Å². The molecule has 0 saturated heterocycles. The fraction of sp³-hybridized carbons (Fsp3) is 0.278. The third-order valence-corrected chi connectivity index (χ3v) is 5.01. The smallest absolute Gasteiger partial charge is 0.271 e. The van der Waals surface area contributed by atoms with Crippen LogP contribution in [-0.2, 0) is 14.8 Å². The highest BCUT2D eigenvalue weighted by Gasteiger charge is 2.23. The van der Waals surface area contributed by atoms with E-state index in [-0.39, 0.29) is 17.3 Å². The lowest BCUT2D eigenvalue weighted by atomic mass is 10.0. The Balaban J connectivity index is 2.29. The molecule has 27 heavy (non-hydrogen) atoms.